The Morgan fingerprint density at radius 2 is 2.18 bits per heavy atom. The Balaban J connectivity index is 1.94. The second-order valence-corrected chi connectivity index (χ2v) is 6.34. The molecule has 1 aliphatic carbocycles. The van der Waals surface area contributed by atoms with E-state index in [2.05, 4.69) is 16.9 Å². The van der Waals surface area contributed by atoms with Gasteiger partial charge in [-0.15, -0.1) is 0 Å². The third kappa shape index (κ3) is 3.14. The van der Waals surface area contributed by atoms with Crippen molar-refractivity contribution in [1.29, 1.82) is 0 Å². The molecule has 0 aromatic heterocycles. The van der Waals surface area contributed by atoms with Crippen LogP contribution in [-0.4, -0.2) is 47.3 Å². The van der Waals surface area contributed by atoms with E-state index in [4.69, 9.17) is 5.11 Å². The van der Waals surface area contributed by atoms with Crippen LogP contribution < -0.4 is 10.6 Å². The molecule has 2 aliphatic rings. The molecule has 0 aromatic carbocycles. The second-order valence-electron chi connectivity index (χ2n) is 5.26. The molecule has 2 unspecified atom stereocenters. The number of aliphatic carboxylic acids is 1. The Labute approximate surface area is 107 Å². The zero-order valence-electron chi connectivity index (χ0n) is 10.4. The number of hydrogen-bond donors (Lipinski definition) is 3. The molecule has 1 aliphatic heterocycles. The summed E-state index contributed by atoms with van der Waals surface area (Å²) in [5, 5.41) is 16.5. The largest absolute Gasteiger partial charge is 0.481 e. The average molecular weight is 258 g/mol. The maximum absolute atomic E-state index is 10.9. The topological polar surface area (TPSA) is 61.4 Å². The Kier molecular flexibility index (Phi) is 4.33. The fourth-order valence-electron chi connectivity index (χ4n) is 2.93. The molecule has 1 saturated carbocycles. The van der Waals surface area contributed by atoms with E-state index in [-0.39, 0.29) is 12.0 Å². The SMILES string of the molecule is CSC1CCCCC1NC1(CC(=O)O)CNC1. The van der Waals surface area contributed by atoms with E-state index in [0.717, 1.165) is 13.1 Å². The van der Waals surface area contributed by atoms with Crippen LogP contribution in [0.25, 0.3) is 0 Å². The van der Waals surface area contributed by atoms with Gasteiger partial charge in [0.1, 0.15) is 0 Å². The first-order valence-corrected chi connectivity index (χ1v) is 7.67. The molecule has 4 nitrogen and oxygen atoms in total. The maximum Gasteiger partial charge on any atom is 0.305 e. The van der Waals surface area contributed by atoms with E-state index < -0.39 is 5.97 Å². The lowest BCUT2D eigenvalue weighted by atomic mass is 9.85. The van der Waals surface area contributed by atoms with Crippen LogP contribution in [-0.2, 0) is 4.79 Å². The molecule has 0 amide bonds. The standard InChI is InChI=1S/C12H22N2O2S/c1-17-10-5-3-2-4-9(10)14-12(6-11(15)16)7-13-8-12/h9-10,13-14H,2-8H2,1H3,(H,15,16). The minimum absolute atomic E-state index is 0.193. The Hall–Kier alpha value is -0.260. The lowest BCUT2D eigenvalue weighted by molar-refractivity contribution is -0.139. The molecule has 1 saturated heterocycles. The van der Waals surface area contributed by atoms with E-state index in [1.54, 1.807) is 0 Å². The van der Waals surface area contributed by atoms with Gasteiger partial charge in [-0.1, -0.05) is 12.8 Å². The Bertz CT molecular complexity index is 282. The van der Waals surface area contributed by atoms with Gasteiger partial charge in [-0.25, -0.2) is 0 Å². The molecular formula is C12H22N2O2S. The fourth-order valence-corrected chi connectivity index (χ4v) is 3.87. The van der Waals surface area contributed by atoms with Crippen molar-refractivity contribution in [2.45, 2.75) is 48.9 Å². The quantitative estimate of drug-likeness (QED) is 0.688. The normalized spacial score (nSPS) is 31.8. The molecule has 0 bridgehead atoms. The van der Waals surface area contributed by atoms with Gasteiger partial charge >= 0.3 is 5.97 Å². The number of nitrogens with one attached hydrogen (secondary N) is 2. The van der Waals surface area contributed by atoms with Gasteiger partial charge < -0.3 is 15.7 Å². The summed E-state index contributed by atoms with van der Waals surface area (Å²) in [5.74, 6) is -0.699. The van der Waals surface area contributed by atoms with Crippen LogP contribution in [0.15, 0.2) is 0 Å². The summed E-state index contributed by atoms with van der Waals surface area (Å²) < 4.78 is 0. The molecule has 3 N–H and O–H groups in total. The molecule has 0 spiro atoms. The van der Waals surface area contributed by atoms with Gasteiger partial charge in [-0.2, -0.15) is 11.8 Å². The molecule has 0 radical (unpaired) electrons. The summed E-state index contributed by atoms with van der Waals surface area (Å²) in [6.45, 7) is 1.58. The van der Waals surface area contributed by atoms with E-state index in [1.165, 1.54) is 25.7 Å². The van der Waals surface area contributed by atoms with Crippen LogP contribution >= 0.6 is 11.8 Å². The molecule has 2 atom stereocenters. The fraction of sp³-hybridized carbons (Fsp3) is 0.917. The van der Waals surface area contributed by atoms with Crippen molar-refractivity contribution in [2.75, 3.05) is 19.3 Å². The van der Waals surface area contributed by atoms with Crippen molar-refractivity contribution in [3.8, 4) is 0 Å². The van der Waals surface area contributed by atoms with Crippen molar-refractivity contribution in [2.24, 2.45) is 0 Å². The van der Waals surface area contributed by atoms with Gasteiger partial charge in [0.15, 0.2) is 0 Å². The zero-order chi connectivity index (χ0) is 12.3. The lowest BCUT2D eigenvalue weighted by Crippen LogP contribution is -2.71. The molecule has 2 fully saturated rings. The summed E-state index contributed by atoms with van der Waals surface area (Å²) >= 11 is 1.92. The molecule has 1 heterocycles. The van der Waals surface area contributed by atoms with Crippen LogP contribution in [0.4, 0.5) is 0 Å². The number of hydrogen-bond acceptors (Lipinski definition) is 4. The van der Waals surface area contributed by atoms with Crippen LogP contribution in [0, 0.1) is 0 Å². The van der Waals surface area contributed by atoms with E-state index >= 15 is 0 Å². The van der Waals surface area contributed by atoms with Gasteiger partial charge in [-0.05, 0) is 19.1 Å². The van der Waals surface area contributed by atoms with Crippen molar-refractivity contribution < 1.29 is 9.90 Å². The summed E-state index contributed by atoms with van der Waals surface area (Å²) in [4.78, 5) is 10.9. The van der Waals surface area contributed by atoms with Gasteiger partial charge in [-0.3, -0.25) is 4.79 Å². The first kappa shape index (κ1) is 13.2. The lowest BCUT2D eigenvalue weighted by Gasteiger charge is -2.47. The molecule has 2 rings (SSSR count). The number of thioether (sulfide) groups is 1. The van der Waals surface area contributed by atoms with Gasteiger partial charge in [0.2, 0.25) is 0 Å². The highest BCUT2D eigenvalue weighted by molar-refractivity contribution is 7.99. The monoisotopic (exact) mass is 258 g/mol. The van der Waals surface area contributed by atoms with E-state index in [0.29, 0.717) is 11.3 Å². The third-order valence-corrected chi connectivity index (χ3v) is 5.08. The Morgan fingerprint density at radius 3 is 2.71 bits per heavy atom. The van der Waals surface area contributed by atoms with E-state index in [9.17, 15) is 4.79 Å². The number of carboxylic acids is 1. The van der Waals surface area contributed by atoms with Crippen LogP contribution in [0.3, 0.4) is 0 Å². The average Bonchev–Trinajstić information content (AvgIpc) is 2.26. The highest BCUT2D eigenvalue weighted by atomic mass is 32.2. The number of carbonyl (C=O) groups is 1. The van der Waals surface area contributed by atoms with Crippen LogP contribution in [0.5, 0.6) is 0 Å². The van der Waals surface area contributed by atoms with Crippen molar-refractivity contribution in [3.05, 3.63) is 0 Å². The van der Waals surface area contributed by atoms with Gasteiger partial charge in [0.25, 0.3) is 0 Å². The van der Waals surface area contributed by atoms with Crippen molar-refractivity contribution in [1.82, 2.24) is 10.6 Å². The molecule has 98 valence electrons. The van der Waals surface area contributed by atoms with Crippen LogP contribution in [0.1, 0.15) is 32.1 Å². The zero-order valence-corrected chi connectivity index (χ0v) is 11.2. The maximum atomic E-state index is 10.9. The summed E-state index contributed by atoms with van der Waals surface area (Å²) in [6, 6.07) is 0.486. The first-order chi connectivity index (χ1) is 8.15. The van der Waals surface area contributed by atoms with Gasteiger partial charge in [0, 0.05) is 24.4 Å². The first-order valence-electron chi connectivity index (χ1n) is 6.38. The predicted molar refractivity (Wildman–Crippen MR) is 70.5 cm³/mol. The minimum Gasteiger partial charge on any atom is -0.481 e. The molecule has 17 heavy (non-hydrogen) atoms. The smallest absolute Gasteiger partial charge is 0.305 e. The highest BCUT2D eigenvalue weighted by Crippen LogP contribution is 2.30. The molecular weight excluding hydrogens is 236 g/mol. The summed E-state index contributed by atoms with van der Waals surface area (Å²) in [7, 11) is 0. The molecule has 0 aromatic rings. The molecule has 5 heteroatoms. The number of carboxylic acid groups (broad SMARTS) is 1. The third-order valence-electron chi connectivity index (χ3n) is 3.91. The number of rotatable bonds is 5. The van der Waals surface area contributed by atoms with E-state index in [1.807, 2.05) is 11.8 Å². The summed E-state index contributed by atoms with van der Waals surface area (Å²) in [5.41, 5.74) is -0.193. The van der Waals surface area contributed by atoms with Crippen molar-refractivity contribution >= 4 is 17.7 Å². The summed E-state index contributed by atoms with van der Waals surface area (Å²) in [6.07, 6.45) is 7.42. The van der Waals surface area contributed by atoms with Crippen LogP contribution in [0.2, 0.25) is 0 Å². The second kappa shape index (κ2) is 5.59. The minimum atomic E-state index is -0.699. The van der Waals surface area contributed by atoms with Crippen molar-refractivity contribution in [3.63, 3.8) is 0 Å². The highest BCUT2D eigenvalue weighted by Gasteiger charge is 2.42. The predicted octanol–water partition coefficient (Wildman–Crippen LogP) is 1.07. The Morgan fingerprint density at radius 1 is 1.47 bits per heavy atom. The van der Waals surface area contributed by atoms with Gasteiger partial charge in [0.05, 0.1) is 12.0 Å².